The third-order valence-electron chi connectivity index (χ3n) is 8.54. The second-order valence-electron chi connectivity index (χ2n) is 11.9. The number of thioether (sulfide) groups is 1. The number of rotatable bonds is 10. The number of Topliss-reactive ketones (excluding diaryl/α,β-unsaturated/α-hetero) is 1. The lowest BCUT2D eigenvalue weighted by Crippen LogP contribution is -2.29. The Balaban J connectivity index is 1.20. The molecule has 0 aliphatic carbocycles. The first-order valence-corrected chi connectivity index (χ1v) is 17.8. The molecule has 1 unspecified atom stereocenters. The number of hydrogen-bond donors (Lipinski definition) is 1. The van der Waals surface area contributed by atoms with Crippen LogP contribution in [-0.2, 0) is 26.7 Å². The van der Waals surface area contributed by atoms with Gasteiger partial charge in [0.1, 0.15) is 18.1 Å². The van der Waals surface area contributed by atoms with Crippen molar-refractivity contribution < 1.29 is 29.0 Å². The van der Waals surface area contributed by atoms with E-state index in [4.69, 9.17) is 9.47 Å². The van der Waals surface area contributed by atoms with Crippen LogP contribution in [0.4, 0.5) is 5.13 Å². The fourth-order valence-corrected chi connectivity index (χ4v) is 7.89. The number of aryl methyl sites for hydroxylation is 1. The third kappa shape index (κ3) is 6.99. The van der Waals surface area contributed by atoms with Gasteiger partial charge in [0, 0.05) is 11.3 Å². The van der Waals surface area contributed by atoms with E-state index in [1.165, 1.54) is 35.1 Å². The van der Waals surface area contributed by atoms with Crippen molar-refractivity contribution in [2.75, 3.05) is 12.0 Å². The minimum atomic E-state index is -1.04. The Morgan fingerprint density at radius 3 is 2.37 bits per heavy atom. The number of benzene rings is 5. The smallest absolute Gasteiger partial charge is 0.337 e. The Labute approximate surface area is 302 Å². The van der Waals surface area contributed by atoms with Crippen LogP contribution in [0.3, 0.4) is 0 Å². The zero-order valence-corrected chi connectivity index (χ0v) is 29.2. The van der Waals surface area contributed by atoms with Crippen LogP contribution in [0.25, 0.3) is 16.5 Å². The van der Waals surface area contributed by atoms with Crippen molar-refractivity contribution >= 4 is 62.4 Å². The van der Waals surface area contributed by atoms with Gasteiger partial charge in [-0.05, 0) is 70.8 Å². The van der Waals surface area contributed by atoms with Crippen LogP contribution in [0.5, 0.6) is 5.75 Å². The van der Waals surface area contributed by atoms with Gasteiger partial charge in [0.25, 0.3) is 5.78 Å². The number of aliphatic hydroxyl groups excluding tert-OH is 1. The summed E-state index contributed by atoms with van der Waals surface area (Å²) in [4.78, 5) is 41.0. The molecule has 1 atom stereocenters. The molecular weight excluding hydrogens is 683 g/mol. The highest BCUT2D eigenvalue weighted by Gasteiger charge is 2.48. The van der Waals surface area contributed by atoms with Gasteiger partial charge in [0.2, 0.25) is 5.13 Å². The molecule has 2 heterocycles. The summed E-state index contributed by atoms with van der Waals surface area (Å²) >= 11 is 2.67. The van der Waals surface area contributed by atoms with Gasteiger partial charge in [-0.2, -0.15) is 0 Å². The number of carbonyl (C=O) groups is 3. The maximum absolute atomic E-state index is 13.8. The SMILES string of the molecule is COC(=O)c1ccc(C2C(=C(O)c3ccc(OCc4cccc(C)c4)cc3)C(=O)C(=O)N2c2nnc(SCc3cccc4ccccc34)s2)cc1. The standard InChI is InChI=1S/C40H31N3O6S2/c1-24-7-5-8-25(21-24)22-49-31-19-17-28(18-20-31)35(44)33-34(27-13-15-29(16-14-27)38(47)48-2)43(37(46)36(33)45)39-41-42-40(51-39)50-23-30-11-6-10-26-9-3-4-12-32(26)30/h3-21,34,44H,22-23H2,1-2H3. The van der Waals surface area contributed by atoms with E-state index in [1.54, 1.807) is 48.5 Å². The van der Waals surface area contributed by atoms with Crippen LogP contribution in [0.2, 0.25) is 0 Å². The monoisotopic (exact) mass is 713 g/mol. The normalized spacial score (nSPS) is 15.3. The molecule has 254 valence electrons. The molecule has 9 nitrogen and oxygen atoms in total. The summed E-state index contributed by atoms with van der Waals surface area (Å²) < 4.78 is 11.4. The van der Waals surface area contributed by atoms with Gasteiger partial charge in [-0.15, -0.1) is 10.2 Å². The van der Waals surface area contributed by atoms with Crippen molar-refractivity contribution in [3.8, 4) is 5.75 Å². The first kappa shape index (κ1) is 33.7. The number of fused-ring (bicyclic) bond motifs is 1. The van der Waals surface area contributed by atoms with Crippen LogP contribution in [0.15, 0.2) is 125 Å². The predicted molar refractivity (Wildman–Crippen MR) is 198 cm³/mol. The Kier molecular flexibility index (Phi) is 9.65. The highest BCUT2D eigenvalue weighted by Crippen LogP contribution is 2.44. The quantitative estimate of drug-likeness (QED) is 0.0374. The second-order valence-corrected chi connectivity index (χ2v) is 14.0. The predicted octanol–water partition coefficient (Wildman–Crippen LogP) is 8.28. The molecule has 5 aromatic carbocycles. The summed E-state index contributed by atoms with van der Waals surface area (Å²) in [6.07, 6.45) is 0. The number of carbonyl (C=O) groups excluding carboxylic acids is 3. The Bertz CT molecular complexity index is 2290. The summed E-state index contributed by atoms with van der Waals surface area (Å²) in [5.74, 6) is -1.40. The largest absolute Gasteiger partial charge is 0.507 e. The van der Waals surface area contributed by atoms with E-state index in [-0.39, 0.29) is 16.5 Å². The molecule has 1 aliphatic heterocycles. The lowest BCUT2D eigenvalue weighted by Gasteiger charge is -2.22. The van der Waals surface area contributed by atoms with Gasteiger partial charge in [-0.25, -0.2) is 4.79 Å². The van der Waals surface area contributed by atoms with E-state index in [1.807, 2.05) is 49.4 Å². The molecule has 0 spiro atoms. The van der Waals surface area contributed by atoms with Crippen LogP contribution in [0.1, 0.15) is 44.2 Å². The van der Waals surface area contributed by atoms with Crippen LogP contribution < -0.4 is 9.64 Å². The van der Waals surface area contributed by atoms with Crippen molar-refractivity contribution in [1.29, 1.82) is 0 Å². The molecule has 7 rings (SSSR count). The van der Waals surface area contributed by atoms with E-state index in [0.29, 0.717) is 39.1 Å². The van der Waals surface area contributed by atoms with Crippen LogP contribution >= 0.6 is 23.1 Å². The van der Waals surface area contributed by atoms with Crippen LogP contribution in [-0.4, -0.2) is 40.1 Å². The van der Waals surface area contributed by atoms with E-state index in [2.05, 4.69) is 34.5 Å². The Morgan fingerprint density at radius 2 is 1.61 bits per heavy atom. The summed E-state index contributed by atoms with van der Waals surface area (Å²) in [5, 5.41) is 22.8. The van der Waals surface area contributed by atoms with Crippen molar-refractivity contribution in [2.24, 2.45) is 0 Å². The van der Waals surface area contributed by atoms with Gasteiger partial charge in [0.05, 0.1) is 24.3 Å². The summed E-state index contributed by atoms with van der Waals surface area (Å²) in [5.41, 5.74) is 4.28. The number of amides is 1. The highest BCUT2D eigenvalue weighted by atomic mass is 32.2. The number of nitrogens with zero attached hydrogens (tertiary/aromatic N) is 3. The fraction of sp³-hybridized carbons (Fsp3) is 0.125. The van der Waals surface area contributed by atoms with Crippen molar-refractivity contribution in [3.63, 3.8) is 0 Å². The minimum Gasteiger partial charge on any atom is -0.507 e. The van der Waals surface area contributed by atoms with Crippen LogP contribution in [0, 0.1) is 6.92 Å². The zero-order chi connectivity index (χ0) is 35.5. The van der Waals surface area contributed by atoms with Crippen molar-refractivity contribution in [3.05, 3.63) is 154 Å². The molecule has 1 N–H and O–H groups in total. The molecule has 1 fully saturated rings. The van der Waals surface area contributed by atoms with Gasteiger partial charge < -0.3 is 14.6 Å². The van der Waals surface area contributed by atoms with Crippen molar-refractivity contribution in [2.45, 2.75) is 29.7 Å². The van der Waals surface area contributed by atoms with Gasteiger partial charge in [-0.3, -0.25) is 14.5 Å². The minimum absolute atomic E-state index is 0.112. The molecule has 1 amide bonds. The van der Waals surface area contributed by atoms with E-state index < -0.39 is 23.7 Å². The average molecular weight is 714 g/mol. The lowest BCUT2D eigenvalue weighted by molar-refractivity contribution is -0.132. The van der Waals surface area contributed by atoms with Crippen molar-refractivity contribution in [1.82, 2.24) is 10.2 Å². The molecule has 1 aromatic heterocycles. The molecule has 51 heavy (non-hydrogen) atoms. The number of hydrogen-bond acceptors (Lipinski definition) is 10. The summed E-state index contributed by atoms with van der Waals surface area (Å²) in [6, 6.07) is 34.3. The van der Waals surface area contributed by atoms with E-state index >= 15 is 0 Å². The molecule has 0 bridgehead atoms. The molecule has 0 saturated carbocycles. The number of aromatic nitrogens is 2. The number of ether oxygens (including phenoxy) is 2. The number of aliphatic hydroxyl groups is 1. The van der Waals surface area contributed by atoms with Gasteiger partial charge in [-0.1, -0.05) is 108 Å². The molecule has 1 saturated heterocycles. The van der Waals surface area contributed by atoms with E-state index in [0.717, 1.165) is 27.5 Å². The first-order valence-electron chi connectivity index (χ1n) is 16.0. The maximum atomic E-state index is 13.8. The highest BCUT2D eigenvalue weighted by molar-refractivity contribution is 8.00. The summed E-state index contributed by atoms with van der Waals surface area (Å²) in [7, 11) is 1.29. The Morgan fingerprint density at radius 1 is 0.882 bits per heavy atom. The zero-order valence-electron chi connectivity index (χ0n) is 27.6. The second kappa shape index (κ2) is 14.6. The molecule has 0 radical (unpaired) electrons. The van der Waals surface area contributed by atoms with Gasteiger partial charge in [0.15, 0.2) is 4.34 Å². The molecule has 1 aliphatic rings. The maximum Gasteiger partial charge on any atom is 0.337 e. The number of anilines is 1. The number of methoxy groups -OCH3 is 1. The molecule has 6 aromatic rings. The molecular formula is C40H31N3O6S2. The summed E-state index contributed by atoms with van der Waals surface area (Å²) in [6.45, 7) is 2.38. The number of ketones is 1. The van der Waals surface area contributed by atoms with Gasteiger partial charge >= 0.3 is 11.9 Å². The Hall–Kier alpha value is -5.78. The first-order chi connectivity index (χ1) is 24.8. The fourth-order valence-electron chi connectivity index (χ4n) is 6.01. The topological polar surface area (TPSA) is 119 Å². The molecule has 11 heteroatoms. The lowest BCUT2D eigenvalue weighted by atomic mass is 9.94. The average Bonchev–Trinajstić information content (AvgIpc) is 3.74. The third-order valence-corrected chi connectivity index (χ3v) is 10.6. The number of esters is 1. The van der Waals surface area contributed by atoms with E-state index in [9.17, 15) is 19.5 Å².